The van der Waals surface area contributed by atoms with Gasteiger partial charge in [-0.1, -0.05) is 29.8 Å². The van der Waals surface area contributed by atoms with E-state index in [0.29, 0.717) is 10.6 Å². The second-order valence-electron chi connectivity index (χ2n) is 4.40. The smallest absolute Gasteiger partial charge is 0.387 e. The topological polar surface area (TPSA) is 68.3 Å². The van der Waals surface area contributed by atoms with E-state index in [-0.39, 0.29) is 12.4 Å². The molecular formula is C14H11ClN2O3S. The lowest BCUT2D eigenvalue weighted by Crippen LogP contribution is -2.20. The molecule has 1 unspecified atom stereocenters. The molecule has 0 radical (unpaired) electrons. The lowest BCUT2D eigenvalue weighted by atomic mass is 10.1. The minimum atomic E-state index is -0.886. The zero-order chi connectivity index (χ0) is 14.8. The van der Waals surface area contributed by atoms with Gasteiger partial charge in [0, 0.05) is 5.02 Å². The van der Waals surface area contributed by atoms with Crippen LogP contribution < -0.4 is 5.76 Å². The number of thiophene rings is 1. The van der Waals surface area contributed by atoms with E-state index in [4.69, 9.17) is 16.0 Å². The van der Waals surface area contributed by atoms with Crippen molar-refractivity contribution in [2.45, 2.75) is 12.6 Å². The summed E-state index contributed by atoms with van der Waals surface area (Å²) in [5.41, 5.74) is 0.620. The summed E-state index contributed by atoms with van der Waals surface area (Å²) in [4.78, 5) is 12.5. The van der Waals surface area contributed by atoms with Crippen LogP contribution in [0.15, 0.2) is 51.0 Å². The fourth-order valence-electron chi connectivity index (χ4n) is 1.90. The number of halogens is 1. The molecule has 5 nitrogen and oxygen atoms in total. The predicted octanol–water partition coefficient (Wildman–Crippen LogP) is 2.95. The van der Waals surface area contributed by atoms with Gasteiger partial charge in [-0.15, -0.1) is 16.4 Å². The Bertz CT molecular complexity index is 795. The van der Waals surface area contributed by atoms with Gasteiger partial charge >= 0.3 is 5.76 Å². The molecular weight excluding hydrogens is 312 g/mol. The number of rotatable bonds is 4. The normalized spacial score (nSPS) is 12.5. The van der Waals surface area contributed by atoms with Crippen molar-refractivity contribution >= 4 is 22.9 Å². The summed E-state index contributed by atoms with van der Waals surface area (Å²) in [7, 11) is 0. The van der Waals surface area contributed by atoms with Crippen molar-refractivity contribution < 1.29 is 9.52 Å². The van der Waals surface area contributed by atoms with Crippen LogP contribution in [0.3, 0.4) is 0 Å². The summed E-state index contributed by atoms with van der Waals surface area (Å²) >= 11 is 7.31. The quantitative estimate of drug-likeness (QED) is 0.802. The highest BCUT2D eigenvalue weighted by molar-refractivity contribution is 7.13. The summed E-state index contributed by atoms with van der Waals surface area (Å²) in [5.74, 6) is -0.340. The van der Waals surface area contributed by atoms with E-state index in [0.717, 1.165) is 9.56 Å². The van der Waals surface area contributed by atoms with Crippen molar-refractivity contribution in [3.8, 4) is 10.8 Å². The van der Waals surface area contributed by atoms with Gasteiger partial charge in [-0.05, 0) is 29.1 Å². The first-order valence-electron chi connectivity index (χ1n) is 6.19. The number of hydrogen-bond acceptors (Lipinski definition) is 5. The summed E-state index contributed by atoms with van der Waals surface area (Å²) < 4.78 is 6.20. The fourth-order valence-corrected chi connectivity index (χ4v) is 2.75. The zero-order valence-electron chi connectivity index (χ0n) is 10.8. The summed E-state index contributed by atoms with van der Waals surface area (Å²) in [6.45, 7) is 0.00799. The van der Waals surface area contributed by atoms with Crippen LogP contribution in [0, 0.1) is 0 Å². The van der Waals surface area contributed by atoms with Crippen molar-refractivity contribution in [2.24, 2.45) is 0 Å². The van der Waals surface area contributed by atoms with Crippen LogP contribution in [0.4, 0.5) is 0 Å². The minimum Gasteiger partial charge on any atom is -0.387 e. The third-order valence-corrected chi connectivity index (χ3v) is 4.01. The SMILES string of the molecule is O=c1oc(-c2cccs2)nn1CC(O)c1cccc(Cl)c1. The van der Waals surface area contributed by atoms with E-state index in [2.05, 4.69) is 5.10 Å². The highest BCUT2D eigenvalue weighted by Crippen LogP contribution is 2.22. The second-order valence-corrected chi connectivity index (χ2v) is 5.79. The third kappa shape index (κ3) is 3.07. The van der Waals surface area contributed by atoms with Gasteiger partial charge in [0.05, 0.1) is 17.5 Å². The van der Waals surface area contributed by atoms with Crippen molar-refractivity contribution in [2.75, 3.05) is 0 Å². The van der Waals surface area contributed by atoms with Crippen LogP contribution in [-0.2, 0) is 6.54 Å². The Morgan fingerprint density at radius 1 is 1.38 bits per heavy atom. The van der Waals surface area contributed by atoms with Crippen molar-refractivity contribution in [1.82, 2.24) is 9.78 Å². The molecule has 0 fully saturated rings. The Kier molecular flexibility index (Phi) is 3.92. The summed E-state index contributed by atoms with van der Waals surface area (Å²) in [6.07, 6.45) is -0.886. The molecule has 0 amide bonds. The number of nitrogens with zero attached hydrogens (tertiary/aromatic N) is 2. The van der Waals surface area contributed by atoms with Gasteiger partial charge in [-0.2, -0.15) is 4.68 Å². The van der Waals surface area contributed by atoms with Crippen LogP contribution in [0.1, 0.15) is 11.7 Å². The molecule has 1 N–H and O–H groups in total. The molecule has 0 bridgehead atoms. The van der Waals surface area contributed by atoms with E-state index in [9.17, 15) is 9.90 Å². The minimum absolute atomic E-state index is 0.00799. The molecule has 1 aromatic carbocycles. The van der Waals surface area contributed by atoms with Crippen molar-refractivity contribution in [3.63, 3.8) is 0 Å². The predicted molar refractivity (Wildman–Crippen MR) is 80.5 cm³/mol. The maximum atomic E-state index is 11.8. The lowest BCUT2D eigenvalue weighted by molar-refractivity contribution is 0.148. The molecule has 0 saturated carbocycles. The molecule has 2 aromatic heterocycles. The van der Waals surface area contributed by atoms with Crippen LogP contribution in [0.5, 0.6) is 0 Å². The number of aromatic nitrogens is 2. The maximum absolute atomic E-state index is 11.8. The van der Waals surface area contributed by atoms with E-state index < -0.39 is 11.9 Å². The molecule has 0 spiro atoms. The first-order valence-corrected chi connectivity index (χ1v) is 7.44. The average molecular weight is 323 g/mol. The molecule has 0 aliphatic heterocycles. The first kappa shape index (κ1) is 14.1. The monoisotopic (exact) mass is 322 g/mol. The summed E-state index contributed by atoms with van der Waals surface area (Å²) in [6, 6.07) is 10.5. The average Bonchev–Trinajstić information content (AvgIpc) is 3.09. The van der Waals surface area contributed by atoms with E-state index in [1.165, 1.54) is 11.3 Å². The highest BCUT2D eigenvalue weighted by atomic mass is 35.5. The van der Waals surface area contributed by atoms with Crippen LogP contribution >= 0.6 is 22.9 Å². The maximum Gasteiger partial charge on any atom is 0.437 e. The molecule has 21 heavy (non-hydrogen) atoms. The Balaban J connectivity index is 1.83. The Hall–Kier alpha value is -1.89. The lowest BCUT2D eigenvalue weighted by Gasteiger charge is -2.09. The zero-order valence-corrected chi connectivity index (χ0v) is 12.3. The van der Waals surface area contributed by atoms with Gasteiger partial charge in [0.1, 0.15) is 0 Å². The number of hydrogen-bond donors (Lipinski definition) is 1. The first-order chi connectivity index (χ1) is 10.1. The molecule has 0 aliphatic carbocycles. The van der Waals surface area contributed by atoms with Crippen molar-refractivity contribution in [3.05, 3.63) is 62.9 Å². The molecule has 3 rings (SSSR count). The van der Waals surface area contributed by atoms with E-state index in [1.807, 2.05) is 17.5 Å². The molecule has 2 heterocycles. The van der Waals surface area contributed by atoms with E-state index >= 15 is 0 Å². The highest BCUT2D eigenvalue weighted by Gasteiger charge is 2.15. The van der Waals surface area contributed by atoms with Gasteiger partial charge < -0.3 is 9.52 Å². The molecule has 1 atom stereocenters. The molecule has 0 aliphatic rings. The van der Waals surface area contributed by atoms with Gasteiger partial charge in [0.2, 0.25) is 0 Å². The molecule has 3 aromatic rings. The van der Waals surface area contributed by atoms with Crippen LogP contribution in [-0.4, -0.2) is 14.9 Å². The number of aliphatic hydroxyl groups excluding tert-OH is 1. The number of benzene rings is 1. The van der Waals surface area contributed by atoms with E-state index in [1.54, 1.807) is 24.3 Å². The van der Waals surface area contributed by atoms with Crippen LogP contribution in [0.2, 0.25) is 5.02 Å². The van der Waals surface area contributed by atoms with Gasteiger partial charge in [-0.25, -0.2) is 4.79 Å². The largest absolute Gasteiger partial charge is 0.437 e. The fraction of sp³-hybridized carbons (Fsp3) is 0.143. The van der Waals surface area contributed by atoms with Crippen LogP contribution in [0.25, 0.3) is 10.8 Å². The molecule has 0 saturated heterocycles. The third-order valence-electron chi connectivity index (χ3n) is 2.92. The summed E-state index contributed by atoms with van der Waals surface area (Å²) in [5, 5.41) is 16.7. The van der Waals surface area contributed by atoms with Gasteiger partial charge in [-0.3, -0.25) is 0 Å². The van der Waals surface area contributed by atoms with Gasteiger partial charge in [0.15, 0.2) is 0 Å². The Morgan fingerprint density at radius 3 is 2.95 bits per heavy atom. The Labute approximate surface area is 129 Å². The number of aliphatic hydroxyl groups is 1. The Morgan fingerprint density at radius 2 is 2.24 bits per heavy atom. The second kappa shape index (κ2) is 5.85. The van der Waals surface area contributed by atoms with Gasteiger partial charge in [0.25, 0.3) is 5.89 Å². The van der Waals surface area contributed by atoms with Crippen molar-refractivity contribution in [1.29, 1.82) is 0 Å². The molecule has 108 valence electrons. The molecule has 7 heteroatoms. The standard InChI is InChI=1S/C14H11ClN2O3S/c15-10-4-1-3-9(7-10)11(18)8-17-14(19)20-13(16-17)12-5-2-6-21-12/h1-7,11,18H,8H2.